The average Bonchev–Trinajstić information content (AvgIpc) is 3.45. The van der Waals surface area contributed by atoms with Crippen LogP contribution in [-0.4, -0.2) is 46.8 Å². The van der Waals surface area contributed by atoms with E-state index in [1.165, 1.54) is 24.7 Å². The Morgan fingerprint density at radius 2 is 1.26 bits per heavy atom. The van der Waals surface area contributed by atoms with E-state index in [9.17, 15) is 9.59 Å². The number of esters is 1. The lowest BCUT2D eigenvalue weighted by Gasteiger charge is -2.27. The molecule has 1 aliphatic heterocycles. The summed E-state index contributed by atoms with van der Waals surface area (Å²) in [5.41, 5.74) is 8.23. The summed E-state index contributed by atoms with van der Waals surface area (Å²) in [4.78, 5) is 27.1. The third-order valence-electron chi connectivity index (χ3n) is 8.27. The monoisotopic (exact) mass is 577 g/mol. The van der Waals surface area contributed by atoms with Crippen molar-refractivity contribution >= 4 is 11.9 Å². The largest absolute Gasteiger partial charge is 0.465 e. The fourth-order valence-corrected chi connectivity index (χ4v) is 5.49. The molecule has 0 saturated carbocycles. The van der Waals surface area contributed by atoms with Gasteiger partial charge < -0.3 is 9.64 Å². The van der Waals surface area contributed by atoms with Crippen LogP contribution in [0.1, 0.15) is 92.6 Å². The molecule has 0 atom stereocenters. The molecule has 0 unspecified atom stereocenters. The first-order valence-corrected chi connectivity index (χ1v) is 15.2. The normalized spacial score (nSPS) is 14.1. The maximum Gasteiger partial charge on any atom is 0.337 e. The molecule has 1 aliphatic rings. The van der Waals surface area contributed by atoms with Gasteiger partial charge in [0, 0.05) is 29.8 Å². The van der Waals surface area contributed by atoms with E-state index < -0.39 is 0 Å². The zero-order valence-corrected chi connectivity index (χ0v) is 26.5. The average molecular weight is 578 g/mol. The molecular weight excluding hydrogens is 534 g/mol. The van der Waals surface area contributed by atoms with Gasteiger partial charge in [-0.1, -0.05) is 59.7 Å². The number of hydrogen-bond acceptors (Lipinski definition) is 4. The van der Waals surface area contributed by atoms with Gasteiger partial charge >= 0.3 is 5.97 Å². The zero-order valence-electron chi connectivity index (χ0n) is 26.5. The Morgan fingerprint density at radius 3 is 1.79 bits per heavy atom. The highest BCUT2D eigenvalue weighted by Crippen LogP contribution is 2.36. The standard InChI is InChI=1S/C37H43N3O3/c1-36(2,3)29-21-28(22-30(23-29)37(4,5)6)33-24-32(25-11-13-27(14-12-25)35(42)43-7)38-40(33)31-17-15-26(16-18-31)34(41)39-19-9-8-10-20-39/h11-18,21-24H,8-10,19-20H2,1-7H3. The molecule has 6 nitrogen and oxygen atoms in total. The van der Waals surface area contributed by atoms with E-state index in [0.717, 1.165) is 54.1 Å². The molecule has 0 spiro atoms. The lowest BCUT2D eigenvalue weighted by molar-refractivity contribution is 0.0600. The van der Waals surface area contributed by atoms with Crippen molar-refractivity contribution in [1.29, 1.82) is 0 Å². The number of rotatable bonds is 5. The molecular formula is C37H43N3O3. The topological polar surface area (TPSA) is 64.4 Å². The molecule has 3 aromatic carbocycles. The molecule has 6 heteroatoms. The highest BCUT2D eigenvalue weighted by atomic mass is 16.5. The van der Waals surface area contributed by atoms with Gasteiger partial charge in [-0.3, -0.25) is 4.79 Å². The number of ether oxygens (including phenoxy) is 1. The first-order chi connectivity index (χ1) is 20.3. The van der Waals surface area contributed by atoms with E-state index in [1.54, 1.807) is 12.1 Å². The number of aromatic nitrogens is 2. The van der Waals surface area contributed by atoms with Crippen LogP contribution in [0.2, 0.25) is 0 Å². The third-order valence-corrected chi connectivity index (χ3v) is 8.27. The lowest BCUT2D eigenvalue weighted by atomic mass is 9.79. The second kappa shape index (κ2) is 11.8. The van der Waals surface area contributed by atoms with Gasteiger partial charge in [-0.2, -0.15) is 5.10 Å². The zero-order chi connectivity index (χ0) is 30.9. The smallest absolute Gasteiger partial charge is 0.337 e. The summed E-state index contributed by atoms with van der Waals surface area (Å²) in [6, 6.07) is 24.1. The van der Waals surface area contributed by atoms with Gasteiger partial charge in [0.15, 0.2) is 0 Å². The fraction of sp³-hybridized carbons (Fsp3) is 0.378. The van der Waals surface area contributed by atoms with E-state index in [1.807, 2.05) is 46.0 Å². The van der Waals surface area contributed by atoms with Crippen molar-refractivity contribution in [3.63, 3.8) is 0 Å². The molecule has 1 saturated heterocycles. The maximum atomic E-state index is 13.2. The van der Waals surface area contributed by atoms with Gasteiger partial charge in [-0.15, -0.1) is 0 Å². The van der Waals surface area contributed by atoms with E-state index in [-0.39, 0.29) is 22.7 Å². The van der Waals surface area contributed by atoms with Gasteiger partial charge in [-0.25, -0.2) is 9.48 Å². The van der Waals surface area contributed by atoms with Crippen LogP contribution >= 0.6 is 0 Å². The van der Waals surface area contributed by atoms with Crippen molar-refractivity contribution in [2.24, 2.45) is 0 Å². The SMILES string of the molecule is COC(=O)c1ccc(-c2cc(-c3cc(C(C)(C)C)cc(C(C)(C)C)c3)n(-c3ccc(C(=O)N4CCCCC4)cc3)n2)cc1. The van der Waals surface area contributed by atoms with E-state index >= 15 is 0 Å². The van der Waals surface area contributed by atoms with Crippen LogP contribution in [0.25, 0.3) is 28.2 Å². The summed E-state index contributed by atoms with van der Waals surface area (Å²) >= 11 is 0. The molecule has 2 heterocycles. The summed E-state index contributed by atoms with van der Waals surface area (Å²) in [6.07, 6.45) is 3.31. The van der Waals surface area contributed by atoms with Gasteiger partial charge in [0.1, 0.15) is 0 Å². The number of piperidine rings is 1. The molecule has 43 heavy (non-hydrogen) atoms. The Hall–Kier alpha value is -4.19. The molecule has 0 aliphatic carbocycles. The molecule has 4 aromatic rings. The van der Waals surface area contributed by atoms with Crippen molar-refractivity contribution in [2.45, 2.75) is 71.6 Å². The Kier molecular flexibility index (Phi) is 8.33. The molecule has 5 rings (SSSR count). The number of amides is 1. The second-order valence-electron chi connectivity index (χ2n) is 13.6. The molecule has 0 N–H and O–H groups in total. The summed E-state index contributed by atoms with van der Waals surface area (Å²) < 4.78 is 6.84. The minimum atomic E-state index is -0.370. The number of benzene rings is 3. The van der Waals surface area contributed by atoms with E-state index in [2.05, 4.69) is 65.8 Å². The highest BCUT2D eigenvalue weighted by molar-refractivity contribution is 5.94. The lowest BCUT2D eigenvalue weighted by Crippen LogP contribution is -2.35. The van der Waals surface area contributed by atoms with Gasteiger partial charge in [0.25, 0.3) is 5.91 Å². The number of nitrogens with zero attached hydrogens (tertiary/aromatic N) is 3. The van der Waals surface area contributed by atoms with Crippen LogP contribution in [0.4, 0.5) is 0 Å². The number of methoxy groups -OCH3 is 1. The number of carbonyl (C=O) groups excluding carboxylic acids is 2. The summed E-state index contributed by atoms with van der Waals surface area (Å²) in [6.45, 7) is 15.1. The highest BCUT2D eigenvalue weighted by Gasteiger charge is 2.24. The Labute approximate surface area is 255 Å². The van der Waals surface area contributed by atoms with Gasteiger partial charge in [0.2, 0.25) is 0 Å². The third kappa shape index (κ3) is 6.58. The molecule has 1 aromatic heterocycles. The Balaban J connectivity index is 1.63. The summed E-state index contributed by atoms with van der Waals surface area (Å²) in [5.74, 6) is -0.281. The molecule has 0 bridgehead atoms. The van der Waals surface area contributed by atoms with Crippen LogP contribution in [-0.2, 0) is 15.6 Å². The van der Waals surface area contributed by atoms with Crippen LogP contribution in [0.5, 0.6) is 0 Å². The minimum absolute atomic E-state index is 0.0378. The second-order valence-corrected chi connectivity index (χ2v) is 13.6. The minimum Gasteiger partial charge on any atom is -0.465 e. The van der Waals surface area contributed by atoms with Crippen molar-refractivity contribution in [3.8, 4) is 28.2 Å². The first kappa shape index (κ1) is 30.3. The van der Waals surface area contributed by atoms with Crippen molar-refractivity contribution in [3.05, 3.63) is 95.1 Å². The fourth-order valence-electron chi connectivity index (χ4n) is 5.49. The van der Waals surface area contributed by atoms with Crippen molar-refractivity contribution in [1.82, 2.24) is 14.7 Å². The van der Waals surface area contributed by atoms with Crippen LogP contribution < -0.4 is 0 Å². The molecule has 0 radical (unpaired) electrons. The first-order valence-electron chi connectivity index (χ1n) is 15.2. The molecule has 1 amide bonds. The van der Waals surface area contributed by atoms with Crippen molar-refractivity contribution in [2.75, 3.05) is 20.2 Å². The predicted molar refractivity (Wildman–Crippen MR) is 173 cm³/mol. The van der Waals surface area contributed by atoms with E-state index in [4.69, 9.17) is 9.84 Å². The van der Waals surface area contributed by atoms with E-state index in [0.29, 0.717) is 11.1 Å². The Morgan fingerprint density at radius 1 is 0.698 bits per heavy atom. The molecule has 1 fully saturated rings. The van der Waals surface area contributed by atoms with Crippen LogP contribution in [0, 0.1) is 0 Å². The van der Waals surface area contributed by atoms with Gasteiger partial charge in [0.05, 0.1) is 29.7 Å². The van der Waals surface area contributed by atoms with Crippen LogP contribution in [0.3, 0.4) is 0 Å². The number of hydrogen-bond donors (Lipinski definition) is 0. The Bertz CT molecular complexity index is 1580. The number of carbonyl (C=O) groups is 2. The van der Waals surface area contributed by atoms with Gasteiger partial charge in [-0.05, 0) is 95.8 Å². The number of likely N-dealkylation sites (tertiary alicyclic amines) is 1. The maximum absolute atomic E-state index is 13.2. The van der Waals surface area contributed by atoms with Crippen LogP contribution in [0.15, 0.2) is 72.8 Å². The molecule has 224 valence electrons. The summed E-state index contributed by atoms with van der Waals surface area (Å²) in [5, 5.41) is 5.07. The van der Waals surface area contributed by atoms with Crippen molar-refractivity contribution < 1.29 is 14.3 Å². The summed E-state index contributed by atoms with van der Waals surface area (Å²) in [7, 11) is 1.38. The quantitative estimate of drug-likeness (QED) is 0.224. The predicted octanol–water partition coefficient (Wildman–Crippen LogP) is 8.21.